The van der Waals surface area contributed by atoms with E-state index in [-0.39, 0.29) is 24.8 Å². The Morgan fingerprint density at radius 2 is 1.88 bits per heavy atom. The van der Waals surface area contributed by atoms with E-state index in [0.717, 1.165) is 15.9 Å². The van der Waals surface area contributed by atoms with Gasteiger partial charge in [0.25, 0.3) is 5.91 Å². The topological polar surface area (TPSA) is 73.2 Å². The van der Waals surface area contributed by atoms with Gasteiger partial charge in [-0.05, 0) is 58.0 Å². The molecule has 0 saturated heterocycles. The second-order valence-electron chi connectivity index (χ2n) is 6.65. The van der Waals surface area contributed by atoms with Crippen molar-refractivity contribution in [3.8, 4) is 5.69 Å². The van der Waals surface area contributed by atoms with Gasteiger partial charge in [-0.15, -0.1) is 0 Å². The highest BCUT2D eigenvalue weighted by Crippen LogP contribution is 2.16. The van der Waals surface area contributed by atoms with Crippen molar-refractivity contribution >= 4 is 27.8 Å². The summed E-state index contributed by atoms with van der Waals surface area (Å²) in [6.07, 6.45) is 0.120. The number of hydrogen-bond donors (Lipinski definition) is 1. The number of halogens is 1. The number of esters is 1. The van der Waals surface area contributed by atoms with Crippen LogP contribution in [0.4, 0.5) is 0 Å². The van der Waals surface area contributed by atoms with Crippen LogP contribution in [0.3, 0.4) is 0 Å². The zero-order chi connectivity index (χ0) is 18.6. The Labute approximate surface area is 155 Å². The lowest BCUT2D eigenvalue weighted by Gasteiger charge is -2.19. The molecule has 0 spiro atoms. The van der Waals surface area contributed by atoms with Crippen LogP contribution >= 0.6 is 15.9 Å². The first-order valence-electron chi connectivity index (χ1n) is 7.98. The molecule has 1 amide bonds. The molecule has 2 aromatic rings. The van der Waals surface area contributed by atoms with Crippen LogP contribution < -0.4 is 5.32 Å². The monoisotopic (exact) mass is 407 g/mol. The van der Waals surface area contributed by atoms with Gasteiger partial charge in [-0.2, -0.15) is 5.10 Å². The first-order chi connectivity index (χ1) is 11.7. The molecule has 0 radical (unpaired) electrons. The van der Waals surface area contributed by atoms with Gasteiger partial charge in [-0.25, -0.2) is 4.68 Å². The standard InChI is InChI=1S/C18H22BrN3O3/c1-12-11-15(21-22(12)14-7-5-13(19)6-8-14)17(24)20-10-9-16(23)25-18(2,3)4/h5-8,11H,9-10H2,1-4H3,(H,20,24). The molecule has 6 nitrogen and oxygen atoms in total. The lowest BCUT2D eigenvalue weighted by Crippen LogP contribution is -2.29. The maximum Gasteiger partial charge on any atom is 0.308 e. The summed E-state index contributed by atoms with van der Waals surface area (Å²) in [4.78, 5) is 23.9. The van der Waals surface area contributed by atoms with Gasteiger partial charge in [0.05, 0.1) is 12.1 Å². The summed E-state index contributed by atoms with van der Waals surface area (Å²) in [7, 11) is 0. The van der Waals surface area contributed by atoms with Crippen molar-refractivity contribution in [2.45, 2.75) is 39.7 Å². The summed E-state index contributed by atoms with van der Waals surface area (Å²) in [6, 6.07) is 9.36. The van der Waals surface area contributed by atoms with Gasteiger partial charge in [-0.1, -0.05) is 15.9 Å². The van der Waals surface area contributed by atoms with E-state index in [1.165, 1.54) is 0 Å². The van der Waals surface area contributed by atoms with Gasteiger partial charge >= 0.3 is 5.97 Å². The zero-order valence-corrected chi connectivity index (χ0v) is 16.4. The smallest absolute Gasteiger partial charge is 0.308 e. The average Bonchev–Trinajstić information content (AvgIpc) is 2.88. The van der Waals surface area contributed by atoms with E-state index < -0.39 is 5.60 Å². The van der Waals surface area contributed by atoms with Gasteiger partial charge in [0.15, 0.2) is 5.69 Å². The lowest BCUT2D eigenvalue weighted by atomic mass is 10.2. The highest BCUT2D eigenvalue weighted by Gasteiger charge is 2.17. The molecule has 0 fully saturated rings. The molecule has 0 aliphatic carbocycles. The second-order valence-corrected chi connectivity index (χ2v) is 7.57. The molecule has 1 N–H and O–H groups in total. The summed E-state index contributed by atoms with van der Waals surface area (Å²) in [6.45, 7) is 7.51. The van der Waals surface area contributed by atoms with Crippen molar-refractivity contribution in [2.24, 2.45) is 0 Å². The minimum absolute atomic E-state index is 0.120. The Hall–Kier alpha value is -2.15. The Kier molecular flexibility index (Phi) is 6.00. The number of aryl methyl sites for hydroxylation is 1. The van der Waals surface area contributed by atoms with E-state index in [9.17, 15) is 9.59 Å². The van der Waals surface area contributed by atoms with Crippen LogP contribution in [-0.4, -0.2) is 33.8 Å². The molecule has 1 heterocycles. The number of ether oxygens (including phenoxy) is 1. The highest BCUT2D eigenvalue weighted by molar-refractivity contribution is 9.10. The van der Waals surface area contributed by atoms with Crippen molar-refractivity contribution < 1.29 is 14.3 Å². The Morgan fingerprint density at radius 1 is 1.24 bits per heavy atom. The average molecular weight is 408 g/mol. The van der Waals surface area contributed by atoms with Gasteiger partial charge in [0.2, 0.25) is 0 Å². The van der Waals surface area contributed by atoms with Crippen molar-refractivity contribution in [3.63, 3.8) is 0 Å². The maximum atomic E-state index is 12.2. The quantitative estimate of drug-likeness (QED) is 0.770. The molecule has 0 unspecified atom stereocenters. The third-order valence-electron chi connectivity index (χ3n) is 3.23. The summed E-state index contributed by atoms with van der Waals surface area (Å²) in [5, 5.41) is 7.03. The third kappa shape index (κ3) is 5.70. The van der Waals surface area contributed by atoms with Gasteiger partial charge < -0.3 is 10.1 Å². The number of carbonyl (C=O) groups excluding carboxylic acids is 2. The summed E-state index contributed by atoms with van der Waals surface area (Å²) < 4.78 is 7.88. The minimum Gasteiger partial charge on any atom is -0.460 e. The molecule has 2 rings (SSSR count). The first kappa shape index (κ1) is 19.2. The number of carbonyl (C=O) groups is 2. The number of rotatable bonds is 5. The van der Waals surface area contributed by atoms with Crippen LogP contribution in [0, 0.1) is 6.92 Å². The molecule has 1 aromatic heterocycles. The first-order valence-corrected chi connectivity index (χ1v) is 8.78. The Bertz CT molecular complexity index is 761. The van der Waals surface area contributed by atoms with E-state index in [1.54, 1.807) is 31.5 Å². The molecule has 134 valence electrons. The predicted octanol–water partition coefficient (Wildman–Crippen LogP) is 3.40. The Morgan fingerprint density at radius 3 is 2.48 bits per heavy atom. The number of nitrogens with zero attached hydrogens (tertiary/aromatic N) is 2. The number of benzene rings is 1. The van der Waals surface area contributed by atoms with Crippen LogP contribution in [-0.2, 0) is 9.53 Å². The molecule has 25 heavy (non-hydrogen) atoms. The van der Waals surface area contributed by atoms with E-state index >= 15 is 0 Å². The van der Waals surface area contributed by atoms with Crippen molar-refractivity contribution in [1.29, 1.82) is 0 Å². The number of hydrogen-bond acceptors (Lipinski definition) is 4. The fourth-order valence-corrected chi connectivity index (χ4v) is 2.45. The number of aromatic nitrogens is 2. The molecular formula is C18H22BrN3O3. The van der Waals surface area contributed by atoms with E-state index in [0.29, 0.717) is 5.69 Å². The molecular weight excluding hydrogens is 386 g/mol. The van der Waals surface area contributed by atoms with Crippen LogP contribution in [0.5, 0.6) is 0 Å². The number of amides is 1. The molecule has 0 atom stereocenters. The molecule has 0 saturated carbocycles. The van der Waals surface area contributed by atoms with Crippen molar-refractivity contribution in [1.82, 2.24) is 15.1 Å². The predicted molar refractivity (Wildman–Crippen MR) is 98.8 cm³/mol. The van der Waals surface area contributed by atoms with Gasteiger partial charge in [0.1, 0.15) is 5.60 Å². The van der Waals surface area contributed by atoms with Gasteiger partial charge in [0, 0.05) is 16.7 Å². The van der Waals surface area contributed by atoms with Crippen LogP contribution in [0.25, 0.3) is 5.69 Å². The summed E-state index contributed by atoms with van der Waals surface area (Å²) in [5.74, 6) is -0.660. The van der Waals surface area contributed by atoms with E-state index in [1.807, 2.05) is 31.2 Å². The second kappa shape index (κ2) is 7.82. The van der Waals surface area contributed by atoms with E-state index in [2.05, 4.69) is 26.3 Å². The normalized spacial score (nSPS) is 11.2. The molecule has 0 aliphatic rings. The van der Waals surface area contributed by atoms with Crippen molar-refractivity contribution in [2.75, 3.05) is 6.54 Å². The van der Waals surface area contributed by atoms with Gasteiger partial charge in [-0.3, -0.25) is 9.59 Å². The SMILES string of the molecule is Cc1cc(C(=O)NCCC(=O)OC(C)(C)C)nn1-c1ccc(Br)cc1. The largest absolute Gasteiger partial charge is 0.460 e. The molecule has 0 bridgehead atoms. The van der Waals surface area contributed by atoms with Crippen molar-refractivity contribution in [3.05, 3.63) is 46.2 Å². The third-order valence-corrected chi connectivity index (χ3v) is 3.75. The summed E-state index contributed by atoms with van der Waals surface area (Å²) in [5.41, 5.74) is 1.50. The van der Waals surface area contributed by atoms with E-state index in [4.69, 9.17) is 4.74 Å². The number of nitrogens with one attached hydrogen (secondary N) is 1. The highest BCUT2D eigenvalue weighted by atomic mass is 79.9. The molecule has 7 heteroatoms. The Balaban J connectivity index is 1.96. The van der Waals surface area contributed by atoms with Crippen LogP contribution in [0.15, 0.2) is 34.8 Å². The zero-order valence-electron chi connectivity index (χ0n) is 14.8. The maximum absolute atomic E-state index is 12.2. The fourth-order valence-electron chi connectivity index (χ4n) is 2.19. The minimum atomic E-state index is -0.526. The molecule has 0 aliphatic heterocycles. The molecule has 1 aromatic carbocycles. The lowest BCUT2D eigenvalue weighted by molar-refractivity contribution is -0.154. The van der Waals surface area contributed by atoms with Crippen LogP contribution in [0.1, 0.15) is 43.4 Å². The summed E-state index contributed by atoms with van der Waals surface area (Å²) >= 11 is 3.39. The van der Waals surface area contributed by atoms with Crippen LogP contribution in [0.2, 0.25) is 0 Å². The fraction of sp³-hybridized carbons (Fsp3) is 0.389.